The SMILES string of the molecule is C=NNCC(=O)N1CCNCC1. The summed E-state index contributed by atoms with van der Waals surface area (Å²) in [5.41, 5.74) is 2.55. The van der Waals surface area contributed by atoms with Gasteiger partial charge in [-0.3, -0.25) is 4.79 Å². The van der Waals surface area contributed by atoms with E-state index in [1.807, 2.05) is 4.90 Å². The number of hydrazone groups is 1. The Morgan fingerprint density at radius 3 is 2.83 bits per heavy atom. The number of hydrogen-bond donors (Lipinski definition) is 2. The maximum absolute atomic E-state index is 11.3. The summed E-state index contributed by atoms with van der Waals surface area (Å²) in [7, 11) is 0. The second kappa shape index (κ2) is 4.71. The Hall–Kier alpha value is -1.10. The summed E-state index contributed by atoms with van der Waals surface area (Å²) in [5.74, 6) is 0.0869. The van der Waals surface area contributed by atoms with E-state index in [0.29, 0.717) is 0 Å². The lowest BCUT2D eigenvalue weighted by Gasteiger charge is -2.27. The molecule has 1 fully saturated rings. The highest BCUT2D eigenvalue weighted by Gasteiger charge is 2.14. The Morgan fingerprint density at radius 2 is 2.25 bits per heavy atom. The molecule has 1 aliphatic rings. The Kier molecular flexibility index (Phi) is 3.53. The molecule has 1 saturated heterocycles. The highest BCUT2D eigenvalue weighted by Crippen LogP contribution is 1.91. The van der Waals surface area contributed by atoms with Crippen LogP contribution in [0.4, 0.5) is 0 Å². The fourth-order valence-corrected chi connectivity index (χ4v) is 1.15. The van der Waals surface area contributed by atoms with Crippen LogP contribution in [0.3, 0.4) is 0 Å². The molecule has 0 saturated carbocycles. The molecule has 0 aromatic heterocycles. The molecule has 1 rings (SSSR count). The normalized spacial score (nSPS) is 17.2. The van der Waals surface area contributed by atoms with Crippen molar-refractivity contribution in [3.63, 3.8) is 0 Å². The van der Waals surface area contributed by atoms with Gasteiger partial charge in [0, 0.05) is 32.9 Å². The Labute approximate surface area is 71.8 Å². The van der Waals surface area contributed by atoms with Gasteiger partial charge in [-0.25, -0.2) is 0 Å². The van der Waals surface area contributed by atoms with Crippen LogP contribution in [0.1, 0.15) is 0 Å². The molecule has 0 aliphatic carbocycles. The first-order chi connectivity index (χ1) is 5.84. The number of nitrogens with zero attached hydrogens (tertiary/aromatic N) is 2. The zero-order valence-electron chi connectivity index (χ0n) is 7.05. The van der Waals surface area contributed by atoms with Crippen molar-refractivity contribution in [1.82, 2.24) is 15.6 Å². The van der Waals surface area contributed by atoms with Crippen molar-refractivity contribution in [3.8, 4) is 0 Å². The van der Waals surface area contributed by atoms with E-state index in [1.165, 1.54) is 0 Å². The quantitative estimate of drug-likeness (QED) is 0.405. The number of carbonyl (C=O) groups is 1. The van der Waals surface area contributed by atoms with Gasteiger partial charge in [0.1, 0.15) is 6.54 Å². The lowest BCUT2D eigenvalue weighted by molar-refractivity contribution is -0.130. The van der Waals surface area contributed by atoms with E-state index in [4.69, 9.17) is 0 Å². The van der Waals surface area contributed by atoms with Crippen LogP contribution in [0.25, 0.3) is 0 Å². The summed E-state index contributed by atoms with van der Waals surface area (Å²) >= 11 is 0. The van der Waals surface area contributed by atoms with Gasteiger partial charge < -0.3 is 15.6 Å². The van der Waals surface area contributed by atoms with E-state index in [1.54, 1.807) is 0 Å². The molecular formula is C7H14N4O. The molecule has 0 bridgehead atoms. The summed E-state index contributed by atoms with van der Waals surface area (Å²) in [5, 5.41) is 6.58. The predicted molar refractivity (Wildman–Crippen MR) is 47.0 cm³/mol. The number of hydrogen-bond acceptors (Lipinski definition) is 4. The minimum Gasteiger partial charge on any atom is -0.339 e. The highest BCUT2D eigenvalue weighted by atomic mass is 16.2. The van der Waals surface area contributed by atoms with E-state index in [2.05, 4.69) is 22.6 Å². The van der Waals surface area contributed by atoms with E-state index < -0.39 is 0 Å². The Bertz CT molecular complexity index is 165. The molecule has 5 nitrogen and oxygen atoms in total. The molecule has 12 heavy (non-hydrogen) atoms. The number of nitrogens with one attached hydrogen (secondary N) is 2. The molecule has 0 spiro atoms. The van der Waals surface area contributed by atoms with Crippen molar-refractivity contribution in [2.75, 3.05) is 32.7 Å². The smallest absolute Gasteiger partial charge is 0.243 e. The number of rotatable bonds is 3. The zero-order chi connectivity index (χ0) is 8.81. The van der Waals surface area contributed by atoms with E-state index in [-0.39, 0.29) is 12.5 Å². The van der Waals surface area contributed by atoms with Crippen molar-refractivity contribution in [1.29, 1.82) is 0 Å². The van der Waals surface area contributed by atoms with Gasteiger partial charge in [0.15, 0.2) is 0 Å². The third kappa shape index (κ3) is 2.50. The summed E-state index contributed by atoms with van der Waals surface area (Å²) in [4.78, 5) is 13.1. The summed E-state index contributed by atoms with van der Waals surface area (Å²) in [6.45, 7) is 6.83. The summed E-state index contributed by atoms with van der Waals surface area (Å²) in [6, 6.07) is 0. The fraction of sp³-hybridized carbons (Fsp3) is 0.714. The molecule has 0 aromatic carbocycles. The third-order valence-electron chi connectivity index (χ3n) is 1.81. The van der Waals surface area contributed by atoms with Gasteiger partial charge in [0.05, 0.1) is 0 Å². The van der Waals surface area contributed by atoms with Gasteiger partial charge in [-0.1, -0.05) is 0 Å². The zero-order valence-corrected chi connectivity index (χ0v) is 7.05. The monoisotopic (exact) mass is 170 g/mol. The van der Waals surface area contributed by atoms with Gasteiger partial charge in [-0.2, -0.15) is 5.10 Å². The first kappa shape index (κ1) is 8.99. The van der Waals surface area contributed by atoms with Crippen LogP contribution < -0.4 is 10.7 Å². The maximum atomic E-state index is 11.3. The molecule has 1 heterocycles. The molecule has 1 aliphatic heterocycles. The molecule has 1 amide bonds. The standard InChI is InChI=1S/C7H14N4O/c1-8-10-6-7(12)11-4-2-9-3-5-11/h9-10H,1-6H2. The van der Waals surface area contributed by atoms with Gasteiger partial charge in [0.2, 0.25) is 5.91 Å². The van der Waals surface area contributed by atoms with E-state index in [9.17, 15) is 4.79 Å². The molecule has 2 N–H and O–H groups in total. The van der Waals surface area contributed by atoms with Crippen LogP contribution in [-0.2, 0) is 4.79 Å². The first-order valence-corrected chi connectivity index (χ1v) is 4.01. The number of carbonyl (C=O) groups excluding carboxylic acids is 1. The molecule has 5 heteroatoms. The highest BCUT2D eigenvalue weighted by molar-refractivity contribution is 5.78. The number of piperazine rings is 1. The molecule has 0 radical (unpaired) electrons. The fourth-order valence-electron chi connectivity index (χ4n) is 1.15. The molecular weight excluding hydrogens is 156 g/mol. The van der Waals surface area contributed by atoms with Crippen LogP contribution in [-0.4, -0.2) is 50.2 Å². The average Bonchev–Trinajstić information content (AvgIpc) is 2.15. The van der Waals surface area contributed by atoms with Gasteiger partial charge in [0.25, 0.3) is 0 Å². The maximum Gasteiger partial charge on any atom is 0.243 e. The molecule has 68 valence electrons. The van der Waals surface area contributed by atoms with E-state index >= 15 is 0 Å². The van der Waals surface area contributed by atoms with Crippen LogP contribution in [0.2, 0.25) is 0 Å². The van der Waals surface area contributed by atoms with Crippen LogP contribution in [0.5, 0.6) is 0 Å². The predicted octanol–water partition coefficient (Wildman–Crippen LogP) is -1.38. The minimum atomic E-state index is 0.0869. The van der Waals surface area contributed by atoms with Crippen molar-refractivity contribution in [3.05, 3.63) is 0 Å². The first-order valence-electron chi connectivity index (χ1n) is 4.01. The Balaban J connectivity index is 2.24. The van der Waals surface area contributed by atoms with Crippen molar-refractivity contribution < 1.29 is 4.79 Å². The van der Waals surface area contributed by atoms with Crippen LogP contribution in [0, 0.1) is 0 Å². The lowest BCUT2D eigenvalue weighted by atomic mass is 10.3. The summed E-state index contributed by atoms with van der Waals surface area (Å²) in [6.07, 6.45) is 0. The van der Waals surface area contributed by atoms with Crippen molar-refractivity contribution in [2.24, 2.45) is 5.10 Å². The molecule has 0 aromatic rings. The van der Waals surface area contributed by atoms with Gasteiger partial charge in [-0.05, 0) is 0 Å². The third-order valence-corrected chi connectivity index (χ3v) is 1.81. The van der Waals surface area contributed by atoms with Crippen molar-refractivity contribution >= 4 is 12.6 Å². The lowest BCUT2D eigenvalue weighted by Crippen LogP contribution is -2.48. The van der Waals surface area contributed by atoms with E-state index in [0.717, 1.165) is 26.2 Å². The largest absolute Gasteiger partial charge is 0.339 e. The van der Waals surface area contributed by atoms with Gasteiger partial charge in [-0.15, -0.1) is 0 Å². The average molecular weight is 170 g/mol. The van der Waals surface area contributed by atoms with Crippen LogP contribution in [0.15, 0.2) is 5.10 Å². The Morgan fingerprint density at radius 1 is 1.58 bits per heavy atom. The summed E-state index contributed by atoms with van der Waals surface area (Å²) < 4.78 is 0. The van der Waals surface area contributed by atoms with Gasteiger partial charge >= 0.3 is 0 Å². The second-order valence-electron chi connectivity index (χ2n) is 2.62. The molecule has 0 atom stereocenters. The van der Waals surface area contributed by atoms with Crippen LogP contribution >= 0.6 is 0 Å². The van der Waals surface area contributed by atoms with Crippen molar-refractivity contribution in [2.45, 2.75) is 0 Å². The topological polar surface area (TPSA) is 56.7 Å². The molecule has 0 unspecified atom stereocenters. The minimum absolute atomic E-state index is 0.0869. The second-order valence-corrected chi connectivity index (χ2v) is 2.62. The number of amides is 1.